The predicted molar refractivity (Wildman–Crippen MR) is 119 cm³/mol. The average Bonchev–Trinajstić information content (AvgIpc) is 2.82. The summed E-state index contributed by atoms with van der Waals surface area (Å²) in [7, 11) is 0. The highest BCUT2D eigenvalue weighted by molar-refractivity contribution is 6.52. The molecule has 1 aliphatic rings. The van der Waals surface area contributed by atoms with Crippen LogP contribution in [0.3, 0.4) is 0 Å². The highest BCUT2D eigenvalue weighted by atomic mass is 35.5. The summed E-state index contributed by atoms with van der Waals surface area (Å²) < 4.78 is 0. The molecule has 2 aromatic carbocycles. The lowest BCUT2D eigenvalue weighted by atomic mass is 10.1. The number of hydrogen-bond donors (Lipinski definition) is 1. The van der Waals surface area contributed by atoms with Gasteiger partial charge in [-0.05, 0) is 36.8 Å². The van der Waals surface area contributed by atoms with Crippen LogP contribution in [0.25, 0.3) is 15.8 Å². The Bertz CT molecular complexity index is 1100. The maximum atomic E-state index is 13.4. The fourth-order valence-electron chi connectivity index (χ4n) is 3.66. The molecule has 152 valence electrons. The Morgan fingerprint density at radius 2 is 1.60 bits per heavy atom. The first-order valence-electron chi connectivity index (χ1n) is 10.0. The van der Waals surface area contributed by atoms with Crippen molar-refractivity contribution in [3.05, 3.63) is 83.8 Å². The quantitative estimate of drug-likeness (QED) is 0.629. The van der Waals surface area contributed by atoms with E-state index in [-0.39, 0.29) is 22.5 Å². The number of amides is 2. The van der Waals surface area contributed by atoms with Crippen LogP contribution in [0.2, 0.25) is 0 Å². The molecule has 4 rings (SSSR count). The van der Waals surface area contributed by atoms with Crippen molar-refractivity contribution in [1.29, 1.82) is 0 Å². The van der Waals surface area contributed by atoms with Crippen LogP contribution in [0.4, 0.5) is 0 Å². The second-order valence-corrected chi connectivity index (χ2v) is 7.65. The monoisotopic (exact) mass is 419 g/mol. The standard InChI is InChI=1S/C24H22ClN3O2/c25-21(20-16-26-15-18-11-5-6-12-19(18)20)22(24(30)28-13-7-2-8-14-28)27-23(29)17-9-3-1-4-10-17/h1,3-6,9-12,15-16H,2,7-8,13-14H2,(H,27,29)/b22-21-. The normalized spacial score (nSPS) is 14.9. The molecule has 2 heterocycles. The Morgan fingerprint density at radius 1 is 0.900 bits per heavy atom. The van der Waals surface area contributed by atoms with Gasteiger partial charge in [-0.15, -0.1) is 0 Å². The fourth-order valence-corrected chi connectivity index (χ4v) is 3.94. The maximum absolute atomic E-state index is 13.4. The number of hydrogen-bond acceptors (Lipinski definition) is 3. The van der Waals surface area contributed by atoms with E-state index in [1.54, 1.807) is 41.6 Å². The van der Waals surface area contributed by atoms with Crippen molar-refractivity contribution in [2.75, 3.05) is 13.1 Å². The van der Waals surface area contributed by atoms with Gasteiger partial charge < -0.3 is 10.2 Å². The van der Waals surface area contributed by atoms with E-state index >= 15 is 0 Å². The number of piperidine rings is 1. The molecule has 3 aromatic rings. The largest absolute Gasteiger partial charge is 0.337 e. The zero-order valence-electron chi connectivity index (χ0n) is 16.5. The topological polar surface area (TPSA) is 62.3 Å². The number of rotatable bonds is 4. The molecular formula is C24H22ClN3O2. The SMILES string of the molecule is O=C(N/C(C(=O)N1CCCCC1)=C(\Cl)c1cncc2ccccc12)c1ccccc1. The summed E-state index contributed by atoms with van der Waals surface area (Å²) in [5.41, 5.74) is 1.16. The third-order valence-corrected chi connectivity index (χ3v) is 5.65. The summed E-state index contributed by atoms with van der Waals surface area (Å²) >= 11 is 6.77. The van der Waals surface area contributed by atoms with Crippen LogP contribution in [0.5, 0.6) is 0 Å². The second-order valence-electron chi connectivity index (χ2n) is 7.27. The van der Waals surface area contributed by atoms with Gasteiger partial charge in [0.15, 0.2) is 0 Å². The lowest BCUT2D eigenvalue weighted by Crippen LogP contribution is -2.41. The van der Waals surface area contributed by atoms with E-state index in [0.29, 0.717) is 24.2 Å². The fraction of sp³-hybridized carbons (Fsp3) is 0.208. The van der Waals surface area contributed by atoms with Crippen molar-refractivity contribution in [2.45, 2.75) is 19.3 Å². The first-order valence-corrected chi connectivity index (χ1v) is 10.4. The van der Waals surface area contributed by atoms with Crippen LogP contribution in [-0.2, 0) is 4.79 Å². The number of nitrogens with one attached hydrogen (secondary N) is 1. The molecular weight excluding hydrogens is 398 g/mol. The van der Waals surface area contributed by atoms with Crippen LogP contribution in [-0.4, -0.2) is 34.8 Å². The van der Waals surface area contributed by atoms with Crippen molar-refractivity contribution in [2.24, 2.45) is 0 Å². The Kier molecular flexibility index (Phi) is 6.10. The van der Waals surface area contributed by atoms with Gasteiger partial charge in [-0.3, -0.25) is 14.6 Å². The van der Waals surface area contributed by atoms with Gasteiger partial charge in [0.2, 0.25) is 0 Å². The van der Waals surface area contributed by atoms with Gasteiger partial charge in [0.1, 0.15) is 5.70 Å². The lowest BCUT2D eigenvalue weighted by Gasteiger charge is -2.28. The Morgan fingerprint density at radius 3 is 2.37 bits per heavy atom. The van der Waals surface area contributed by atoms with Gasteiger partial charge in [-0.2, -0.15) is 0 Å². The summed E-state index contributed by atoms with van der Waals surface area (Å²) in [5, 5.41) is 4.76. The zero-order valence-corrected chi connectivity index (χ0v) is 17.2. The molecule has 0 saturated carbocycles. The molecule has 0 spiro atoms. The first-order chi connectivity index (χ1) is 14.6. The number of nitrogens with zero attached hydrogens (tertiary/aromatic N) is 2. The van der Waals surface area contributed by atoms with Crippen molar-refractivity contribution < 1.29 is 9.59 Å². The van der Waals surface area contributed by atoms with E-state index in [4.69, 9.17) is 11.6 Å². The minimum atomic E-state index is -0.373. The van der Waals surface area contributed by atoms with E-state index in [2.05, 4.69) is 10.3 Å². The van der Waals surface area contributed by atoms with Gasteiger partial charge >= 0.3 is 0 Å². The van der Waals surface area contributed by atoms with Crippen LogP contribution in [0.1, 0.15) is 35.2 Å². The highest BCUT2D eigenvalue weighted by Crippen LogP contribution is 2.30. The molecule has 0 aliphatic carbocycles. The zero-order chi connectivity index (χ0) is 20.9. The molecule has 1 fully saturated rings. The van der Waals surface area contributed by atoms with Crippen molar-refractivity contribution in [1.82, 2.24) is 15.2 Å². The summed E-state index contributed by atoms with van der Waals surface area (Å²) in [5.74, 6) is -0.640. The minimum Gasteiger partial charge on any atom is -0.337 e. The van der Waals surface area contributed by atoms with Crippen molar-refractivity contribution in [3.8, 4) is 0 Å². The number of fused-ring (bicyclic) bond motifs is 1. The van der Waals surface area contributed by atoms with Gasteiger partial charge in [-0.25, -0.2) is 0 Å². The van der Waals surface area contributed by atoms with E-state index in [1.165, 1.54) is 0 Å². The number of pyridine rings is 1. The van der Waals surface area contributed by atoms with E-state index in [9.17, 15) is 9.59 Å². The molecule has 30 heavy (non-hydrogen) atoms. The number of likely N-dealkylation sites (tertiary alicyclic amines) is 1. The molecule has 2 amide bonds. The lowest BCUT2D eigenvalue weighted by molar-refractivity contribution is -0.128. The van der Waals surface area contributed by atoms with Gasteiger partial charge in [0.05, 0.1) is 5.03 Å². The second kappa shape index (κ2) is 9.09. The summed E-state index contributed by atoms with van der Waals surface area (Å²) in [6.45, 7) is 1.31. The van der Waals surface area contributed by atoms with Crippen LogP contribution in [0, 0.1) is 0 Å². The number of halogens is 1. The Hall–Kier alpha value is -3.18. The first kappa shape index (κ1) is 20.1. The number of carbonyl (C=O) groups is 2. The van der Waals surface area contributed by atoms with E-state index in [0.717, 1.165) is 30.0 Å². The molecule has 1 saturated heterocycles. The predicted octanol–water partition coefficient (Wildman–Crippen LogP) is 4.58. The summed E-state index contributed by atoms with van der Waals surface area (Å²) in [4.78, 5) is 32.2. The molecule has 0 unspecified atom stereocenters. The van der Waals surface area contributed by atoms with Gasteiger partial charge in [-0.1, -0.05) is 54.1 Å². The number of carbonyl (C=O) groups excluding carboxylic acids is 2. The summed E-state index contributed by atoms with van der Waals surface area (Å²) in [6, 6.07) is 16.5. The molecule has 0 atom stereocenters. The number of benzene rings is 2. The molecule has 1 N–H and O–H groups in total. The van der Waals surface area contributed by atoms with Gasteiger partial charge in [0, 0.05) is 42.0 Å². The van der Waals surface area contributed by atoms with Crippen molar-refractivity contribution in [3.63, 3.8) is 0 Å². The third kappa shape index (κ3) is 4.21. The Labute approximate surface area is 180 Å². The highest BCUT2D eigenvalue weighted by Gasteiger charge is 2.26. The molecule has 0 radical (unpaired) electrons. The number of aromatic nitrogens is 1. The third-order valence-electron chi connectivity index (χ3n) is 5.26. The molecule has 1 aliphatic heterocycles. The smallest absolute Gasteiger partial charge is 0.271 e. The van der Waals surface area contributed by atoms with Crippen LogP contribution in [0.15, 0.2) is 72.7 Å². The Balaban J connectivity index is 1.78. The average molecular weight is 420 g/mol. The molecule has 1 aromatic heterocycles. The maximum Gasteiger partial charge on any atom is 0.271 e. The van der Waals surface area contributed by atoms with E-state index < -0.39 is 0 Å². The van der Waals surface area contributed by atoms with Gasteiger partial charge in [0.25, 0.3) is 11.8 Å². The van der Waals surface area contributed by atoms with E-state index in [1.807, 2.05) is 30.3 Å². The van der Waals surface area contributed by atoms with Crippen LogP contribution >= 0.6 is 11.6 Å². The van der Waals surface area contributed by atoms with Crippen molar-refractivity contribution >= 4 is 39.2 Å². The molecule has 0 bridgehead atoms. The van der Waals surface area contributed by atoms with Crippen LogP contribution < -0.4 is 5.32 Å². The molecule has 5 nitrogen and oxygen atoms in total. The minimum absolute atomic E-state index is 0.0885. The molecule has 6 heteroatoms. The summed E-state index contributed by atoms with van der Waals surface area (Å²) in [6.07, 6.45) is 6.36.